The van der Waals surface area contributed by atoms with E-state index in [2.05, 4.69) is 15.5 Å². The van der Waals surface area contributed by atoms with Crippen LogP contribution >= 0.6 is 11.6 Å². The van der Waals surface area contributed by atoms with E-state index in [9.17, 15) is 14.4 Å². The Bertz CT molecular complexity index is 1700. The summed E-state index contributed by atoms with van der Waals surface area (Å²) >= 11 is 6.51. The number of Topliss-reactive ketones (excluding diaryl/α,β-unsaturated/α-hetero) is 1. The van der Waals surface area contributed by atoms with E-state index in [-0.39, 0.29) is 29.4 Å². The molecule has 4 aliphatic heterocycles. The first-order valence-corrected chi connectivity index (χ1v) is 13.2. The number of carbonyl (C=O) groups excluding carboxylic acids is 3. The van der Waals surface area contributed by atoms with Gasteiger partial charge >= 0.3 is 0 Å². The van der Waals surface area contributed by atoms with Gasteiger partial charge in [0, 0.05) is 33.4 Å². The summed E-state index contributed by atoms with van der Waals surface area (Å²) in [5.74, 6) is -1.60. The molecule has 0 unspecified atom stereocenters. The number of amides is 2. The van der Waals surface area contributed by atoms with E-state index in [1.807, 2.05) is 48.5 Å². The highest BCUT2D eigenvalue weighted by atomic mass is 35.5. The van der Waals surface area contributed by atoms with Gasteiger partial charge in [0.25, 0.3) is 5.91 Å². The minimum Gasteiger partial charge on any atom is -0.453 e. The number of carbonyl (C=O) groups is 3. The lowest BCUT2D eigenvalue weighted by atomic mass is 9.57. The Morgan fingerprint density at radius 3 is 2.55 bits per heavy atom. The van der Waals surface area contributed by atoms with Crippen molar-refractivity contribution in [2.24, 2.45) is 5.92 Å². The maximum absolute atomic E-state index is 14.6. The molecule has 0 aliphatic carbocycles. The van der Waals surface area contributed by atoms with Crippen LogP contribution in [0.4, 0.5) is 11.4 Å². The van der Waals surface area contributed by atoms with Gasteiger partial charge in [-0.1, -0.05) is 48.0 Å². The van der Waals surface area contributed by atoms with Crippen molar-refractivity contribution < 1.29 is 18.8 Å². The number of furan rings is 1. The predicted molar refractivity (Wildman–Crippen MR) is 142 cm³/mol. The van der Waals surface area contributed by atoms with E-state index in [1.54, 1.807) is 24.3 Å². The van der Waals surface area contributed by atoms with Gasteiger partial charge in [0.15, 0.2) is 5.76 Å². The lowest BCUT2D eigenvalue weighted by molar-refractivity contribution is -0.137. The molecule has 4 atom stereocenters. The molecule has 0 saturated carbocycles. The second-order valence-electron chi connectivity index (χ2n) is 10.6. The quantitative estimate of drug-likeness (QED) is 0.357. The molecule has 2 amide bonds. The van der Waals surface area contributed by atoms with Gasteiger partial charge in [0.1, 0.15) is 16.5 Å². The number of nitrogens with one attached hydrogen (secondary N) is 2. The smallest absolute Gasteiger partial charge is 0.251 e. The van der Waals surface area contributed by atoms with Gasteiger partial charge < -0.3 is 15.1 Å². The van der Waals surface area contributed by atoms with E-state index in [1.165, 1.54) is 0 Å². The van der Waals surface area contributed by atoms with Crippen molar-refractivity contribution in [2.45, 2.75) is 29.8 Å². The molecule has 4 aliphatic rings. The van der Waals surface area contributed by atoms with Crippen LogP contribution in [0.15, 0.2) is 77.2 Å². The number of ketones is 1. The maximum Gasteiger partial charge on any atom is 0.251 e. The third kappa shape index (κ3) is 2.38. The number of nitrogens with zero attached hydrogens (tertiary/aromatic N) is 1. The van der Waals surface area contributed by atoms with Crippen LogP contribution in [0.1, 0.15) is 34.5 Å². The Morgan fingerprint density at radius 1 is 0.921 bits per heavy atom. The van der Waals surface area contributed by atoms with Crippen LogP contribution in [0.5, 0.6) is 0 Å². The van der Waals surface area contributed by atoms with Gasteiger partial charge in [-0.2, -0.15) is 0 Å². The first-order valence-electron chi connectivity index (χ1n) is 12.8. The van der Waals surface area contributed by atoms with Crippen molar-refractivity contribution in [1.82, 2.24) is 4.90 Å². The van der Waals surface area contributed by atoms with Crippen molar-refractivity contribution in [3.63, 3.8) is 0 Å². The number of fused-ring (bicyclic) bond motifs is 8. The largest absolute Gasteiger partial charge is 0.453 e. The van der Waals surface area contributed by atoms with E-state index in [0.717, 1.165) is 11.8 Å². The summed E-state index contributed by atoms with van der Waals surface area (Å²) in [6.45, 7) is 0.575. The molecule has 38 heavy (non-hydrogen) atoms. The normalized spacial score (nSPS) is 29.1. The zero-order valence-corrected chi connectivity index (χ0v) is 20.9. The second-order valence-corrected chi connectivity index (χ2v) is 11.0. The van der Waals surface area contributed by atoms with Crippen LogP contribution in [-0.2, 0) is 20.5 Å². The summed E-state index contributed by atoms with van der Waals surface area (Å²) in [6.07, 6.45) is 1.48. The lowest BCUT2D eigenvalue weighted by Crippen LogP contribution is -2.62. The molecule has 2 spiro atoms. The fourth-order valence-electron chi connectivity index (χ4n) is 7.81. The minimum atomic E-state index is -1.52. The van der Waals surface area contributed by atoms with Gasteiger partial charge in [-0.15, -0.1) is 0 Å². The highest BCUT2D eigenvalue weighted by Crippen LogP contribution is 2.68. The van der Waals surface area contributed by atoms with Crippen LogP contribution in [-0.4, -0.2) is 35.1 Å². The van der Waals surface area contributed by atoms with Crippen LogP contribution in [0.25, 0.3) is 11.0 Å². The molecule has 188 valence electrons. The zero-order chi connectivity index (χ0) is 25.8. The molecule has 4 aromatic rings. The standard InChI is InChI=1S/C30H22ClN3O4/c31-17-11-12-21-19(15-17)30(28(37)33-21)29(18-7-2-3-8-20(18)32-27(29)36)25(22-9-5-13-34(22)30)26(35)24-14-16-6-1-4-10-23(16)38-24/h1-4,6-8,10-12,14-15,22,25H,5,9,13H2,(H,32,36)(H,33,37)/t22-,25-,29+,30-/m1/s1. The topological polar surface area (TPSA) is 91.7 Å². The lowest BCUT2D eigenvalue weighted by Gasteiger charge is -2.43. The molecule has 7 nitrogen and oxygen atoms in total. The summed E-state index contributed by atoms with van der Waals surface area (Å²) in [5, 5.41) is 7.35. The molecule has 0 bridgehead atoms. The Morgan fingerprint density at radius 2 is 1.68 bits per heavy atom. The van der Waals surface area contributed by atoms with E-state index in [4.69, 9.17) is 16.0 Å². The summed E-state index contributed by atoms with van der Waals surface area (Å²) in [4.78, 5) is 45.6. The fraction of sp³-hybridized carbons (Fsp3) is 0.233. The summed E-state index contributed by atoms with van der Waals surface area (Å²) in [5.41, 5.74) is 0.142. The third-order valence-corrected chi connectivity index (χ3v) is 9.24. The predicted octanol–water partition coefficient (Wildman–Crippen LogP) is 5.10. The highest BCUT2D eigenvalue weighted by Gasteiger charge is 2.81. The number of para-hydroxylation sites is 2. The second kappa shape index (κ2) is 7.34. The van der Waals surface area contributed by atoms with Crippen molar-refractivity contribution in [3.05, 3.63) is 94.7 Å². The molecule has 2 fully saturated rings. The number of anilines is 2. The third-order valence-electron chi connectivity index (χ3n) is 9.01. The molecule has 8 rings (SSSR count). The number of rotatable bonds is 2. The summed E-state index contributed by atoms with van der Waals surface area (Å²) in [7, 11) is 0. The highest BCUT2D eigenvalue weighted by molar-refractivity contribution is 6.31. The SMILES string of the molecule is O=C(c1cc2ccccc2o1)[C@H]1[C@H]2CCCN2[C@]2(C(=O)Nc3ccc(Cl)cc32)[C@]12C(=O)Nc1ccccc12. The monoisotopic (exact) mass is 523 g/mol. The molecule has 2 saturated heterocycles. The van der Waals surface area contributed by atoms with Gasteiger partial charge in [-0.3, -0.25) is 19.3 Å². The number of hydrogen-bond acceptors (Lipinski definition) is 5. The van der Waals surface area contributed by atoms with Crippen molar-refractivity contribution in [1.29, 1.82) is 0 Å². The molecular weight excluding hydrogens is 502 g/mol. The zero-order valence-electron chi connectivity index (χ0n) is 20.2. The summed E-state index contributed by atoms with van der Waals surface area (Å²) in [6, 6.07) is 21.5. The van der Waals surface area contributed by atoms with Crippen molar-refractivity contribution >= 4 is 51.5 Å². The van der Waals surface area contributed by atoms with Crippen LogP contribution < -0.4 is 10.6 Å². The van der Waals surface area contributed by atoms with E-state index < -0.39 is 16.9 Å². The molecule has 2 N–H and O–H groups in total. The average molecular weight is 524 g/mol. The molecule has 0 radical (unpaired) electrons. The van der Waals surface area contributed by atoms with Crippen LogP contribution in [0, 0.1) is 5.92 Å². The number of halogens is 1. The van der Waals surface area contributed by atoms with Gasteiger partial charge in [0.2, 0.25) is 11.7 Å². The molecule has 1 aromatic heterocycles. The number of hydrogen-bond donors (Lipinski definition) is 2. The van der Waals surface area contributed by atoms with Crippen molar-refractivity contribution in [3.8, 4) is 0 Å². The molecular formula is C30H22ClN3O4. The Labute approximate surface area is 222 Å². The minimum absolute atomic E-state index is 0.196. The fourth-order valence-corrected chi connectivity index (χ4v) is 7.98. The Balaban J connectivity index is 1.47. The maximum atomic E-state index is 14.6. The van der Waals surface area contributed by atoms with E-state index >= 15 is 0 Å². The summed E-state index contributed by atoms with van der Waals surface area (Å²) < 4.78 is 6.06. The van der Waals surface area contributed by atoms with Crippen molar-refractivity contribution in [2.75, 3.05) is 17.2 Å². The van der Waals surface area contributed by atoms with E-state index in [0.29, 0.717) is 46.1 Å². The Kier molecular flexibility index (Phi) is 4.26. The first-order chi connectivity index (χ1) is 18.5. The first kappa shape index (κ1) is 22.1. The molecule has 8 heteroatoms. The van der Waals surface area contributed by atoms with Gasteiger partial charge in [-0.25, -0.2) is 0 Å². The molecule has 3 aromatic carbocycles. The average Bonchev–Trinajstić information content (AvgIpc) is 3.70. The van der Waals surface area contributed by atoms with Crippen LogP contribution in [0.2, 0.25) is 5.02 Å². The number of benzene rings is 3. The van der Waals surface area contributed by atoms with Gasteiger partial charge in [0.05, 0.1) is 5.92 Å². The van der Waals surface area contributed by atoms with Gasteiger partial charge in [-0.05, 0) is 61.3 Å². The van der Waals surface area contributed by atoms with Crippen LogP contribution in [0.3, 0.4) is 0 Å². The Hall–Kier alpha value is -3.94. The molecule has 5 heterocycles.